The predicted molar refractivity (Wildman–Crippen MR) is 108 cm³/mol. The van der Waals surface area contributed by atoms with Crippen LogP contribution in [-0.4, -0.2) is 75.3 Å². The fraction of sp³-hybridized carbons (Fsp3) is 0.526. The first kappa shape index (κ1) is 19.4. The first-order valence-corrected chi connectivity index (χ1v) is 9.69. The molecule has 2 aliphatic heterocycles. The fourth-order valence-corrected chi connectivity index (χ4v) is 3.15. The van der Waals surface area contributed by atoms with Gasteiger partial charge >= 0.3 is 0 Å². The summed E-state index contributed by atoms with van der Waals surface area (Å²) in [5.41, 5.74) is 2.92. The molecular weight excluding hydrogens is 375 g/mol. The third-order valence-electron chi connectivity index (χ3n) is 4.98. The van der Waals surface area contributed by atoms with Gasteiger partial charge in [-0.15, -0.1) is 0 Å². The number of aromatic nitrogens is 6. The number of hydrogen-bond donors (Lipinski definition) is 0. The lowest BCUT2D eigenvalue weighted by molar-refractivity contribution is 0.122. The number of halogens is 1. The van der Waals surface area contributed by atoms with Crippen molar-refractivity contribution in [2.45, 2.75) is 20.0 Å². The Morgan fingerprint density at radius 1 is 1.00 bits per heavy atom. The van der Waals surface area contributed by atoms with Gasteiger partial charge in [0.05, 0.1) is 37.7 Å². The minimum absolute atomic E-state index is 0.350. The highest BCUT2D eigenvalue weighted by molar-refractivity contribution is 5.85. The van der Waals surface area contributed by atoms with Gasteiger partial charge in [-0.1, -0.05) is 0 Å². The summed E-state index contributed by atoms with van der Waals surface area (Å²) in [7, 11) is 1.89. The molecule has 0 radical (unpaired) electrons. The van der Waals surface area contributed by atoms with E-state index in [1.165, 1.54) is 0 Å². The molecule has 10 heteroatoms. The van der Waals surface area contributed by atoms with Crippen LogP contribution in [0.15, 0.2) is 18.5 Å². The molecule has 2 saturated heterocycles. The summed E-state index contributed by atoms with van der Waals surface area (Å²) >= 11 is 0. The van der Waals surface area contributed by atoms with Gasteiger partial charge in [-0.25, -0.2) is 14.4 Å². The average molecular weight is 400 g/mol. The van der Waals surface area contributed by atoms with Crippen molar-refractivity contribution in [1.29, 1.82) is 0 Å². The van der Waals surface area contributed by atoms with Gasteiger partial charge in [-0.05, 0) is 19.9 Å². The molecule has 0 unspecified atom stereocenters. The molecular formula is C19H25FN8O. The van der Waals surface area contributed by atoms with E-state index in [0.717, 1.165) is 24.5 Å². The Labute approximate surface area is 168 Å². The number of nitrogens with zero attached hydrogens (tertiary/aromatic N) is 8. The topological polar surface area (TPSA) is 85.1 Å². The van der Waals surface area contributed by atoms with Gasteiger partial charge in [0.15, 0.2) is 17.0 Å². The van der Waals surface area contributed by atoms with Crippen LogP contribution >= 0.6 is 0 Å². The van der Waals surface area contributed by atoms with E-state index in [1.807, 2.05) is 38.1 Å². The monoisotopic (exact) mass is 400 g/mol. The van der Waals surface area contributed by atoms with Crippen LogP contribution in [-0.2, 0) is 11.8 Å². The molecule has 154 valence electrons. The van der Waals surface area contributed by atoms with Crippen LogP contribution < -0.4 is 9.80 Å². The Bertz CT molecular complexity index is 968. The third-order valence-corrected chi connectivity index (χ3v) is 4.98. The Morgan fingerprint density at radius 3 is 2.31 bits per heavy atom. The van der Waals surface area contributed by atoms with E-state index in [2.05, 4.69) is 29.9 Å². The van der Waals surface area contributed by atoms with Crippen molar-refractivity contribution in [3.8, 4) is 0 Å². The number of hydrogen-bond acceptors (Lipinski definition) is 8. The van der Waals surface area contributed by atoms with E-state index in [4.69, 9.17) is 4.74 Å². The van der Waals surface area contributed by atoms with E-state index in [1.54, 1.807) is 10.9 Å². The van der Waals surface area contributed by atoms with E-state index >= 15 is 0 Å². The van der Waals surface area contributed by atoms with Gasteiger partial charge in [-0.2, -0.15) is 15.1 Å². The fourth-order valence-electron chi connectivity index (χ4n) is 3.15. The highest BCUT2D eigenvalue weighted by Gasteiger charge is 2.31. The van der Waals surface area contributed by atoms with Crippen molar-refractivity contribution in [1.82, 2.24) is 29.7 Å². The molecule has 3 aromatic heterocycles. The molecule has 9 nitrogen and oxygen atoms in total. The van der Waals surface area contributed by atoms with Crippen LogP contribution in [0.4, 0.5) is 16.2 Å². The van der Waals surface area contributed by atoms with Crippen molar-refractivity contribution in [3.63, 3.8) is 0 Å². The molecule has 3 aromatic rings. The Morgan fingerprint density at radius 2 is 1.72 bits per heavy atom. The van der Waals surface area contributed by atoms with Gasteiger partial charge in [0.25, 0.3) is 0 Å². The third kappa shape index (κ3) is 4.26. The molecule has 2 aliphatic rings. The van der Waals surface area contributed by atoms with E-state index in [0.29, 0.717) is 49.2 Å². The minimum atomic E-state index is -0.800. The number of fused-ring (bicyclic) bond motifs is 1. The van der Waals surface area contributed by atoms with E-state index in [-0.39, 0.29) is 0 Å². The number of rotatable bonds is 2. The van der Waals surface area contributed by atoms with E-state index < -0.39 is 6.17 Å². The summed E-state index contributed by atoms with van der Waals surface area (Å²) in [6.45, 7) is 7.34. The summed E-state index contributed by atoms with van der Waals surface area (Å²) < 4.78 is 20.4. The highest BCUT2D eigenvalue weighted by atomic mass is 19.1. The Hall–Kier alpha value is -2.88. The van der Waals surface area contributed by atoms with Crippen LogP contribution in [0.25, 0.3) is 11.2 Å². The smallest absolute Gasteiger partial charge is 0.229 e. The second-order valence-corrected chi connectivity index (χ2v) is 7.20. The maximum atomic E-state index is 13.3. The summed E-state index contributed by atoms with van der Waals surface area (Å²) in [6.07, 6.45) is 2.84. The van der Waals surface area contributed by atoms with Crippen LogP contribution in [0.2, 0.25) is 0 Å². The zero-order valence-corrected chi connectivity index (χ0v) is 16.9. The second kappa shape index (κ2) is 8.24. The molecule has 0 amide bonds. The van der Waals surface area contributed by atoms with Gasteiger partial charge in [0.2, 0.25) is 5.95 Å². The van der Waals surface area contributed by atoms with Crippen LogP contribution in [0.5, 0.6) is 0 Å². The highest BCUT2D eigenvalue weighted by Crippen LogP contribution is 2.29. The molecule has 0 aromatic carbocycles. The Kier molecular flexibility index (Phi) is 5.52. The molecule has 0 saturated carbocycles. The zero-order chi connectivity index (χ0) is 20.4. The lowest BCUT2D eigenvalue weighted by Crippen LogP contribution is -2.49. The molecule has 29 heavy (non-hydrogen) atoms. The molecule has 0 bridgehead atoms. The molecule has 0 N–H and O–H groups in total. The largest absolute Gasteiger partial charge is 0.378 e. The zero-order valence-electron chi connectivity index (χ0n) is 16.9. The van der Waals surface area contributed by atoms with Crippen molar-refractivity contribution >= 4 is 22.9 Å². The maximum absolute atomic E-state index is 13.3. The van der Waals surface area contributed by atoms with Gasteiger partial charge in [0.1, 0.15) is 6.17 Å². The molecule has 0 spiro atoms. The predicted octanol–water partition coefficient (Wildman–Crippen LogP) is 1.45. The average Bonchev–Trinajstić information content (AvgIpc) is 3.18. The number of alkyl halides is 1. The standard InChI is InChI=1S/C15H19FN6O.C4H6N2/c1-9-10(2)18-13-12(17-9)14(22-7-11(16)8-22)20-15(19-13)21-3-5-23-6-4-21;1-6-4-2-3-5-6/h11H,3-8H2,1-2H3;2-4H,1H3. The van der Waals surface area contributed by atoms with Gasteiger partial charge in [-0.3, -0.25) is 4.68 Å². The number of aryl methyl sites for hydroxylation is 3. The summed E-state index contributed by atoms with van der Waals surface area (Å²) in [5.74, 6) is 1.30. The van der Waals surface area contributed by atoms with Crippen LogP contribution in [0, 0.1) is 13.8 Å². The first-order valence-electron chi connectivity index (χ1n) is 9.69. The van der Waals surface area contributed by atoms with Crippen molar-refractivity contribution in [2.75, 3.05) is 49.2 Å². The molecule has 2 fully saturated rings. The lowest BCUT2D eigenvalue weighted by atomic mass is 10.2. The summed E-state index contributed by atoms with van der Waals surface area (Å²) in [6, 6.07) is 1.89. The Balaban J connectivity index is 0.000000294. The van der Waals surface area contributed by atoms with Crippen LogP contribution in [0.1, 0.15) is 11.4 Å². The molecule has 5 heterocycles. The molecule has 0 aliphatic carbocycles. The number of morpholine rings is 1. The maximum Gasteiger partial charge on any atom is 0.229 e. The van der Waals surface area contributed by atoms with Gasteiger partial charge in [0, 0.05) is 32.5 Å². The number of ether oxygens (including phenoxy) is 1. The summed E-state index contributed by atoms with van der Waals surface area (Å²) in [5, 5.41) is 3.83. The number of anilines is 2. The van der Waals surface area contributed by atoms with E-state index in [9.17, 15) is 4.39 Å². The molecule has 5 rings (SSSR count). The SMILES string of the molecule is Cc1nc2nc(N3CCOCC3)nc(N3CC(F)C3)c2nc1C.Cn1cccn1. The summed E-state index contributed by atoms with van der Waals surface area (Å²) in [4.78, 5) is 22.4. The molecule has 0 atom stereocenters. The van der Waals surface area contributed by atoms with Crippen molar-refractivity contribution < 1.29 is 9.13 Å². The van der Waals surface area contributed by atoms with Crippen molar-refractivity contribution in [2.24, 2.45) is 7.05 Å². The minimum Gasteiger partial charge on any atom is -0.378 e. The van der Waals surface area contributed by atoms with Crippen molar-refractivity contribution in [3.05, 3.63) is 29.8 Å². The van der Waals surface area contributed by atoms with Gasteiger partial charge < -0.3 is 14.5 Å². The normalized spacial score (nSPS) is 17.1. The first-order chi connectivity index (χ1) is 14.0. The lowest BCUT2D eigenvalue weighted by Gasteiger charge is -2.36. The quantitative estimate of drug-likeness (QED) is 0.639. The second-order valence-electron chi connectivity index (χ2n) is 7.20. The van der Waals surface area contributed by atoms with Crippen LogP contribution in [0.3, 0.4) is 0 Å².